The molecule has 0 aromatic heterocycles. The average Bonchev–Trinajstić information content (AvgIpc) is 2.44. The zero-order valence-corrected chi connectivity index (χ0v) is 8.09. The van der Waals surface area contributed by atoms with E-state index < -0.39 is 24.2 Å². The van der Waals surface area contributed by atoms with Crippen LogP contribution in [0.1, 0.15) is 19.3 Å². The number of aliphatic carboxylic acids is 1. The molecule has 1 spiro atoms. The summed E-state index contributed by atoms with van der Waals surface area (Å²) in [7, 11) is 0. The maximum absolute atomic E-state index is 10.9. The molecule has 2 fully saturated rings. The van der Waals surface area contributed by atoms with Crippen LogP contribution in [0.15, 0.2) is 0 Å². The quantitative estimate of drug-likeness (QED) is 0.570. The number of carboxylic acids is 1. The molecule has 6 heteroatoms. The van der Waals surface area contributed by atoms with Gasteiger partial charge in [0.2, 0.25) is 0 Å². The molecule has 0 aromatic carbocycles. The second-order valence-corrected chi connectivity index (χ2v) is 4.53. The maximum atomic E-state index is 10.9. The number of rotatable bonds is 1. The molecule has 1 unspecified atom stereocenters. The molecule has 0 bridgehead atoms. The van der Waals surface area contributed by atoms with E-state index in [1.165, 1.54) is 0 Å². The minimum atomic E-state index is -1.19. The van der Waals surface area contributed by atoms with Crippen LogP contribution >= 0.6 is 0 Å². The van der Waals surface area contributed by atoms with Crippen molar-refractivity contribution in [1.82, 2.24) is 4.90 Å². The summed E-state index contributed by atoms with van der Waals surface area (Å²) in [6.45, 7) is 0.232. The van der Waals surface area contributed by atoms with Gasteiger partial charge in [-0.3, -0.25) is 4.90 Å². The number of nitrogens with zero attached hydrogens (tertiary/aromatic N) is 1. The highest BCUT2D eigenvalue weighted by atomic mass is 16.4. The number of hydrogen-bond donors (Lipinski definition) is 3. The molecule has 1 amide bonds. The first-order valence-electron chi connectivity index (χ1n) is 4.84. The summed E-state index contributed by atoms with van der Waals surface area (Å²) in [4.78, 5) is 22.7. The average molecular weight is 215 g/mol. The number of likely N-dealkylation sites (tertiary alicyclic amines) is 1. The summed E-state index contributed by atoms with van der Waals surface area (Å²) in [6.07, 6.45) is -0.235. The Morgan fingerprint density at radius 3 is 2.13 bits per heavy atom. The van der Waals surface area contributed by atoms with Gasteiger partial charge in [0.1, 0.15) is 6.04 Å². The Hall–Kier alpha value is -1.30. The minimum absolute atomic E-state index is 0.232. The summed E-state index contributed by atoms with van der Waals surface area (Å²) < 4.78 is 0. The molecule has 0 radical (unpaired) electrons. The van der Waals surface area contributed by atoms with E-state index in [0.717, 1.165) is 4.90 Å². The smallest absolute Gasteiger partial charge is 0.408 e. The van der Waals surface area contributed by atoms with Crippen LogP contribution in [-0.2, 0) is 4.79 Å². The molecule has 6 nitrogen and oxygen atoms in total. The van der Waals surface area contributed by atoms with Crippen LogP contribution in [0, 0.1) is 5.41 Å². The number of aliphatic hydroxyl groups excluding tert-OH is 1. The largest absolute Gasteiger partial charge is 0.480 e. The molecular formula is C9H13NO5. The van der Waals surface area contributed by atoms with E-state index in [1.54, 1.807) is 0 Å². The third kappa shape index (κ3) is 1.54. The zero-order chi connectivity index (χ0) is 11.2. The van der Waals surface area contributed by atoms with Crippen molar-refractivity contribution in [3.8, 4) is 0 Å². The molecule has 2 rings (SSSR count). The van der Waals surface area contributed by atoms with Gasteiger partial charge in [-0.05, 0) is 24.7 Å². The number of carboxylic acid groups (broad SMARTS) is 2. The first-order valence-corrected chi connectivity index (χ1v) is 4.84. The summed E-state index contributed by atoms with van der Waals surface area (Å²) >= 11 is 0. The topological polar surface area (TPSA) is 98.1 Å². The van der Waals surface area contributed by atoms with Crippen LogP contribution in [0.4, 0.5) is 4.79 Å². The van der Waals surface area contributed by atoms with Crippen molar-refractivity contribution in [2.75, 3.05) is 6.54 Å². The standard InChI is InChI=1S/C9H13NO5/c11-5-1-9(2-5)3-6(7(12)13)10(4-9)8(14)15/h5-6,11H,1-4H2,(H,12,13)(H,14,15). The lowest BCUT2D eigenvalue weighted by Gasteiger charge is -2.42. The Morgan fingerprint density at radius 2 is 1.80 bits per heavy atom. The lowest BCUT2D eigenvalue weighted by Crippen LogP contribution is -2.43. The maximum Gasteiger partial charge on any atom is 0.408 e. The molecule has 0 aromatic rings. The highest BCUT2D eigenvalue weighted by Gasteiger charge is 2.54. The molecule has 1 saturated carbocycles. The number of carbonyl (C=O) groups is 2. The fourth-order valence-corrected chi connectivity index (χ4v) is 2.71. The van der Waals surface area contributed by atoms with Crippen LogP contribution in [0.25, 0.3) is 0 Å². The van der Waals surface area contributed by atoms with Gasteiger partial charge in [-0.25, -0.2) is 9.59 Å². The van der Waals surface area contributed by atoms with Gasteiger partial charge in [0.25, 0.3) is 0 Å². The van der Waals surface area contributed by atoms with Crippen LogP contribution < -0.4 is 0 Å². The first kappa shape index (κ1) is 10.2. The van der Waals surface area contributed by atoms with Gasteiger partial charge >= 0.3 is 12.1 Å². The molecule has 15 heavy (non-hydrogen) atoms. The predicted octanol–water partition coefficient (Wildman–Crippen LogP) is -0.0356. The lowest BCUT2D eigenvalue weighted by atomic mass is 9.65. The van der Waals surface area contributed by atoms with Gasteiger partial charge in [0.15, 0.2) is 0 Å². The van der Waals surface area contributed by atoms with E-state index in [1.807, 2.05) is 0 Å². The summed E-state index contributed by atoms with van der Waals surface area (Å²) in [5.74, 6) is -1.10. The van der Waals surface area contributed by atoms with Crippen molar-refractivity contribution in [3.05, 3.63) is 0 Å². The van der Waals surface area contributed by atoms with Gasteiger partial charge in [-0.15, -0.1) is 0 Å². The van der Waals surface area contributed by atoms with Crippen LogP contribution in [-0.4, -0.2) is 51.0 Å². The van der Waals surface area contributed by atoms with Gasteiger partial charge in [0.05, 0.1) is 6.10 Å². The Morgan fingerprint density at radius 1 is 1.20 bits per heavy atom. The normalized spacial score (nSPS) is 39.1. The molecule has 1 saturated heterocycles. The van der Waals surface area contributed by atoms with Gasteiger partial charge in [-0.2, -0.15) is 0 Å². The monoisotopic (exact) mass is 215 g/mol. The third-order valence-electron chi connectivity index (χ3n) is 3.38. The van der Waals surface area contributed by atoms with Crippen molar-refractivity contribution >= 4 is 12.1 Å². The van der Waals surface area contributed by atoms with Crippen LogP contribution in [0.5, 0.6) is 0 Å². The fourth-order valence-electron chi connectivity index (χ4n) is 2.71. The van der Waals surface area contributed by atoms with Crippen molar-refractivity contribution < 1.29 is 24.9 Å². The van der Waals surface area contributed by atoms with Crippen molar-refractivity contribution in [3.63, 3.8) is 0 Å². The zero-order valence-electron chi connectivity index (χ0n) is 8.09. The van der Waals surface area contributed by atoms with Gasteiger partial charge in [-0.1, -0.05) is 0 Å². The van der Waals surface area contributed by atoms with E-state index in [4.69, 9.17) is 10.2 Å². The molecular weight excluding hydrogens is 202 g/mol. The van der Waals surface area contributed by atoms with E-state index in [2.05, 4.69) is 0 Å². The highest BCUT2D eigenvalue weighted by Crippen LogP contribution is 2.50. The van der Waals surface area contributed by atoms with Gasteiger partial charge < -0.3 is 15.3 Å². The number of amides is 1. The lowest BCUT2D eigenvalue weighted by molar-refractivity contribution is -0.141. The third-order valence-corrected chi connectivity index (χ3v) is 3.38. The molecule has 2 aliphatic rings. The molecule has 84 valence electrons. The van der Waals surface area contributed by atoms with Crippen molar-refractivity contribution in [2.24, 2.45) is 5.41 Å². The van der Waals surface area contributed by atoms with E-state index in [-0.39, 0.29) is 12.0 Å². The Bertz CT molecular complexity index is 286. The Kier molecular flexibility index (Phi) is 2.11. The molecule has 1 heterocycles. The summed E-state index contributed by atoms with van der Waals surface area (Å²) in [5, 5.41) is 26.9. The first-order chi connectivity index (χ1) is 6.93. The SMILES string of the molecule is O=C(O)C1CC2(CC(O)C2)CN1C(=O)O. The number of aliphatic hydroxyl groups is 1. The molecule has 1 atom stereocenters. The summed E-state index contributed by atoms with van der Waals surface area (Å²) in [5.41, 5.74) is -0.291. The highest BCUT2D eigenvalue weighted by molar-refractivity contribution is 5.80. The predicted molar refractivity (Wildman–Crippen MR) is 48.4 cm³/mol. The Balaban J connectivity index is 2.13. The van der Waals surface area contributed by atoms with E-state index >= 15 is 0 Å². The fraction of sp³-hybridized carbons (Fsp3) is 0.778. The molecule has 1 aliphatic carbocycles. The van der Waals surface area contributed by atoms with Gasteiger partial charge in [0, 0.05) is 6.54 Å². The number of hydrogen-bond acceptors (Lipinski definition) is 3. The second-order valence-electron chi connectivity index (χ2n) is 4.53. The second kappa shape index (κ2) is 3.10. The molecule has 3 N–H and O–H groups in total. The molecule has 1 aliphatic heterocycles. The van der Waals surface area contributed by atoms with E-state index in [9.17, 15) is 14.7 Å². The van der Waals surface area contributed by atoms with Crippen molar-refractivity contribution in [2.45, 2.75) is 31.4 Å². The van der Waals surface area contributed by atoms with Crippen LogP contribution in [0.2, 0.25) is 0 Å². The Labute approximate surface area is 86.1 Å². The van der Waals surface area contributed by atoms with Crippen molar-refractivity contribution in [1.29, 1.82) is 0 Å². The summed E-state index contributed by atoms with van der Waals surface area (Å²) in [6, 6.07) is -0.949. The minimum Gasteiger partial charge on any atom is -0.480 e. The van der Waals surface area contributed by atoms with Crippen LogP contribution in [0.3, 0.4) is 0 Å². The van der Waals surface area contributed by atoms with E-state index in [0.29, 0.717) is 19.3 Å².